The van der Waals surface area contributed by atoms with Crippen molar-refractivity contribution < 1.29 is 4.79 Å². The third-order valence-corrected chi connectivity index (χ3v) is 4.11. The van der Waals surface area contributed by atoms with Gasteiger partial charge in [-0.15, -0.1) is 0 Å². The van der Waals surface area contributed by atoms with Crippen molar-refractivity contribution in [3.8, 4) is 0 Å². The monoisotopic (exact) mass is 290 g/mol. The van der Waals surface area contributed by atoms with Gasteiger partial charge in [-0.1, -0.05) is 13.8 Å². The van der Waals surface area contributed by atoms with Crippen molar-refractivity contribution in [2.45, 2.75) is 40.2 Å². The minimum absolute atomic E-state index is 0.0397. The quantitative estimate of drug-likeness (QED) is 0.927. The molecule has 1 aliphatic rings. The van der Waals surface area contributed by atoms with E-state index in [0.29, 0.717) is 11.9 Å². The Kier molecular flexibility index (Phi) is 5.17. The summed E-state index contributed by atoms with van der Waals surface area (Å²) in [4.78, 5) is 21.0. The molecule has 0 spiro atoms. The topological polar surface area (TPSA) is 48.5 Å². The van der Waals surface area contributed by atoms with Crippen molar-refractivity contribution in [1.29, 1.82) is 0 Å². The summed E-state index contributed by atoms with van der Waals surface area (Å²) < 4.78 is 0. The number of anilines is 1. The minimum Gasteiger partial charge on any atom is -0.323 e. The maximum Gasteiger partial charge on any atom is 0.323 e. The fourth-order valence-corrected chi connectivity index (χ4v) is 3.06. The average Bonchev–Trinajstić information content (AvgIpc) is 2.88. The molecular weight excluding hydrogens is 264 g/mol. The lowest BCUT2D eigenvalue weighted by Crippen LogP contribution is -2.39. The van der Waals surface area contributed by atoms with Gasteiger partial charge in [0, 0.05) is 24.8 Å². The van der Waals surface area contributed by atoms with Crippen LogP contribution in [0.4, 0.5) is 10.6 Å². The molecule has 0 aromatic carbocycles. The van der Waals surface area contributed by atoms with E-state index in [-0.39, 0.29) is 6.03 Å². The first kappa shape index (κ1) is 15.8. The number of hydrogen-bond donors (Lipinski definition) is 1. The first-order valence-electron chi connectivity index (χ1n) is 7.78. The molecule has 0 saturated carbocycles. The molecule has 116 valence electrons. The Morgan fingerprint density at radius 2 is 2.10 bits per heavy atom. The van der Waals surface area contributed by atoms with Gasteiger partial charge in [0.1, 0.15) is 5.82 Å². The van der Waals surface area contributed by atoms with E-state index in [9.17, 15) is 4.79 Å². The molecule has 0 unspecified atom stereocenters. The number of aromatic nitrogens is 1. The minimum atomic E-state index is -0.0397. The average molecular weight is 290 g/mol. The third-order valence-electron chi connectivity index (χ3n) is 4.11. The van der Waals surface area contributed by atoms with Crippen molar-refractivity contribution >= 4 is 11.8 Å². The van der Waals surface area contributed by atoms with E-state index in [1.54, 1.807) is 0 Å². The Balaban J connectivity index is 1.95. The van der Waals surface area contributed by atoms with Crippen molar-refractivity contribution in [3.05, 3.63) is 23.4 Å². The van der Waals surface area contributed by atoms with Crippen LogP contribution in [0.15, 0.2) is 12.1 Å². The van der Waals surface area contributed by atoms with Gasteiger partial charge in [0.25, 0.3) is 0 Å². The van der Waals surface area contributed by atoms with Crippen molar-refractivity contribution in [1.82, 2.24) is 14.8 Å². The number of amides is 2. The smallest absolute Gasteiger partial charge is 0.323 e. The summed E-state index contributed by atoms with van der Waals surface area (Å²) in [7, 11) is 0. The molecule has 21 heavy (non-hydrogen) atoms. The summed E-state index contributed by atoms with van der Waals surface area (Å²) in [6, 6.07) is 4.35. The molecular formula is C16H26N4O. The Morgan fingerprint density at radius 1 is 1.38 bits per heavy atom. The molecule has 0 radical (unpaired) electrons. The molecule has 0 aliphatic carbocycles. The number of nitrogens with zero attached hydrogens (tertiary/aromatic N) is 3. The Morgan fingerprint density at radius 3 is 2.71 bits per heavy atom. The van der Waals surface area contributed by atoms with Crippen LogP contribution in [-0.4, -0.2) is 53.0 Å². The second-order valence-corrected chi connectivity index (χ2v) is 5.71. The van der Waals surface area contributed by atoms with Crippen LogP contribution in [0.5, 0.6) is 0 Å². The maximum absolute atomic E-state index is 12.3. The highest BCUT2D eigenvalue weighted by atomic mass is 16.2. The lowest BCUT2D eigenvalue weighted by atomic mass is 10.2. The van der Waals surface area contributed by atoms with E-state index < -0.39 is 0 Å². The van der Waals surface area contributed by atoms with Crippen molar-refractivity contribution in [2.24, 2.45) is 0 Å². The molecule has 5 heteroatoms. The second-order valence-electron chi connectivity index (χ2n) is 5.71. The highest BCUT2D eigenvalue weighted by molar-refractivity contribution is 5.88. The molecule has 2 amide bonds. The normalized spacial score (nSPS) is 18.3. The zero-order valence-electron chi connectivity index (χ0n) is 13.5. The zero-order valence-corrected chi connectivity index (χ0v) is 13.5. The van der Waals surface area contributed by atoms with E-state index in [0.717, 1.165) is 43.9 Å². The number of carbonyl (C=O) groups is 1. The fraction of sp³-hybridized carbons (Fsp3) is 0.625. The summed E-state index contributed by atoms with van der Waals surface area (Å²) in [6.07, 6.45) is 1.05. The number of likely N-dealkylation sites (N-methyl/N-ethyl adjacent to an activating group) is 1. The number of nitrogens with one attached hydrogen (secondary N) is 1. The number of likely N-dealkylation sites (tertiary alicyclic amines) is 1. The highest BCUT2D eigenvalue weighted by Gasteiger charge is 2.29. The number of rotatable bonds is 4. The maximum atomic E-state index is 12.3. The molecule has 1 saturated heterocycles. The van der Waals surface area contributed by atoms with Crippen LogP contribution >= 0.6 is 0 Å². The van der Waals surface area contributed by atoms with Crippen molar-refractivity contribution in [3.63, 3.8) is 0 Å². The van der Waals surface area contributed by atoms with Gasteiger partial charge in [0.05, 0.1) is 0 Å². The molecule has 5 nitrogen and oxygen atoms in total. The van der Waals surface area contributed by atoms with Gasteiger partial charge in [-0.2, -0.15) is 0 Å². The molecule has 2 heterocycles. The summed E-state index contributed by atoms with van der Waals surface area (Å²) in [5.74, 6) is 0.642. The van der Waals surface area contributed by atoms with Crippen LogP contribution in [0.2, 0.25) is 0 Å². The predicted octanol–water partition coefficient (Wildman–Crippen LogP) is 2.65. The Bertz CT molecular complexity index is 479. The lowest BCUT2D eigenvalue weighted by molar-refractivity contribution is 0.202. The SMILES string of the molecule is CCN(CC)[C@@H]1CCN(C(=O)Nc2cc(C)cc(C)n2)C1. The van der Waals surface area contributed by atoms with Crippen LogP contribution in [0.3, 0.4) is 0 Å². The first-order chi connectivity index (χ1) is 10.0. The second kappa shape index (κ2) is 6.89. The zero-order chi connectivity index (χ0) is 15.4. The number of hydrogen-bond acceptors (Lipinski definition) is 3. The van der Waals surface area contributed by atoms with Crippen molar-refractivity contribution in [2.75, 3.05) is 31.5 Å². The Hall–Kier alpha value is -1.62. The van der Waals surface area contributed by atoms with Gasteiger partial charge >= 0.3 is 6.03 Å². The summed E-state index contributed by atoms with van der Waals surface area (Å²) >= 11 is 0. The fourth-order valence-electron chi connectivity index (χ4n) is 3.06. The van der Waals surface area contributed by atoms with E-state index in [2.05, 4.69) is 29.0 Å². The van der Waals surface area contributed by atoms with Gasteiger partial charge in [-0.25, -0.2) is 9.78 Å². The molecule has 1 fully saturated rings. The molecule has 2 rings (SSSR count). The van der Waals surface area contributed by atoms with E-state index in [1.807, 2.05) is 30.9 Å². The summed E-state index contributed by atoms with van der Waals surface area (Å²) in [5, 5.41) is 2.92. The van der Waals surface area contributed by atoms with Gasteiger partial charge < -0.3 is 4.90 Å². The molecule has 1 aromatic rings. The van der Waals surface area contributed by atoms with Gasteiger partial charge in [0.2, 0.25) is 0 Å². The molecule has 0 bridgehead atoms. The van der Waals surface area contributed by atoms with Gasteiger partial charge in [0.15, 0.2) is 0 Å². The largest absolute Gasteiger partial charge is 0.323 e. The number of urea groups is 1. The predicted molar refractivity (Wildman–Crippen MR) is 85.6 cm³/mol. The lowest BCUT2D eigenvalue weighted by Gasteiger charge is -2.26. The molecule has 1 aromatic heterocycles. The highest BCUT2D eigenvalue weighted by Crippen LogP contribution is 2.17. The number of pyridine rings is 1. The van der Waals surface area contributed by atoms with E-state index in [4.69, 9.17) is 0 Å². The first-order valence-corrected chi connectivity index (χ1v) is 7.78. The third kappa shape index (κ3) is 3.94. The molecule has 1 atom stereocenters. The molecule has 1 N–H and O–H groups in total. The summed E-state index contributed by atoms with van der Waals surface area (Å²) in [5.41, 5.74) is 2.04. The number of carbonyl (C=O) groups excluding carboxylic acids is 1. The van der Waals surface area contributed by atoms with E-state index >= 15 is 0 Å². The number of aryl methyl sites for hydroxylation is 2. The summed E-state index contributed by atoms with van der Waals surface area (Å²) in [6.45, 7) is 12.0. The Labute approximate surface area is 127 Å². The van der Waals surface area contributed by atoms with Crippen LogP contribution in [0.1, 0.15) is 31.5 Å². The van der Waals surface area contributed by atoms with Crippen LogP contribution < -0.4 is 5.32 Å². The van der Waals surface area contributed by atoms with Gasteiger partial charge in [-0.05, 0) is 51.1 Å². The molecule has 1 aliphatic heterocycles. The van der Waals surface area contributed by atoms with Gasteiger partial charge in [-0.3, -0.25) is 10.2 Å². The van der Waals surface area contributed by atoms with E-state index in [1.165, 1.54) is 0 Å². The standard InChI is InChI=1S/C16H26N4O/c1-5-19(6-2)14-7-8-20(11-14)16(21)18-15-10-12(3)9-13(4)17-15/h9-10,14H,5-8,11H2,1-4H3,(H,17,18,21)/t14-/m1/s1. The van der Waals surface area contributed by atoms with Crippen LogP contribution in [0, 0.1) is 13.8 Å². The van der Waals surface area contributed by atoms with Crippen LogP contribution in [0.25, 0.3) is 0 Å². The van der Waals surface area contributed by atoms with Crippen LogP contribution in [-0.2, 0) is 0 Å².